The fourth-order valence-corrected chi connectivity index (χ4v) is 2.31. The summed E-state index contributed by atoms with van der Waals surface area (Å²) >= 11 is 0. The Bertz CT molecular complexity index is 852. The molecule has 3 rings (SSSR count). The number of carbonyl (C=O) groups excluding carboxylic acids is 1. The maximum absolute atomic E-state index is 12.3. The van der Waals surface area contributed by atoms with Crippen LogP contribution in [0.25, 0.3) is 11.1 Å². The van der Waals surface area contributed by atoms with Gasteiger partial charge in [-0.25, -0.2) is 4.79 Å². The second-order valence-electron chi connectivity index (χ2n) is 4.96. The number of nitrogens with zero attached hydrogens (tertiary/aromatic N) is 2. The van der Waals surface area contributed by atoms with Crippen LogP contribution in [-0.4, -0.2) is 15.5 Å². The average molecular weight is 297 g/mol. The molecule has 0 saturated heterocycles. The zero-order valence-electron chi connectivity index (χ0n) is 12.0. The van der Waals surface area contributed by atoms with Gasteiger partial charge < -0.3 is 9.73 Å². The van der Waals surface area contributed by atoms with Crippen LogP contribution in [0.3, 0.4) is 0 Å². The van der Waals surface area contributed by atoms with Gasteiger partial charge in [-0.3, -0.25) is 14.3 Å². The van der Waals surface area contributed by atoms with E-state index < -0.39 is 11.8 Å². The minimum absolute atomic E-state index is 0.252. The normalized spacial score (nSPS) is 12.2. The molecule has 6 heteroatoms. The van der Waals surface area contributed by atoms with E-state index in [2.05, 4.69) is 10.3 Å². The average Bonchev–Trinajstić information content (AvgIpc) is 2.88. The number of hydrogen-bond donors (Lipinski definition) is 1. The predicted molar refractivity (Wildman–Crippen MR) is 81.3 cm³/mol. The van der Waals surface area contributed by atoms with Crippen LogP contribution < -0.4 is 11.1 Å². The van der Waals surface area contributed by atoms with Crippen LogP contribution in [0.1, 0.15) is 18.5 Å². The Hall–Kier alpha value is -2.89. The van der Waals surface area contributed by atoms with Crippen molar-refractivity contribution >= 4 is 17.0 Å². The van der Waals surface area contributed by atoms with E-state index in [4.69, 9.17) is 4.42 Å². The second-order valence-corrected chi connectivity index (χ2v) is 4.96. The highest BCUT2D eigenvalue weighted by molar-refractivity contribution is 5.82. The maximum atomic E-state index is 12.3. The number of rotatable bonds is 4. The number of oxazole rings is 1. The van der Waals surface area contributed by atoms with E-state index in [0.29, 0.717) is 17.6 Å². The molecule has 22 heavy (non-hydrogen) atoms. The zero-order chi connectivity index (χ0) is 15.5. The van der Waals surface area contributed by atoms with Gasteiger partial charge in [-0.05, 0) is 30.7 Å². The van der Waals surface area contributed by atoms with Gasteiger partial charge in [-0.2, -0.15) is 0 Å². The van der Waals surface area contributed by atoms with Crippen molar-refractivity contribution < 1.29 is 9.21 Å². The van der Waals surface area contributed by atoms with Crippen molar-refractivity contribution in [1.82, 2.24) is 14.9 Å². The fraction of sp³-hybridized carbons (Fsp3) is 0.188. The molecular formula is C16H15N3O3. The van der Waals surface area contributed by atoms with Gasteiger partial charge >= 0.3 is 5.76 Å². The van der Waals surface area contributed by atoms with E-state index >= 15 is 0 Å². The number of aromatic nitrogens is 2. The summed E-state index contributed by atoms with van der Waals surface area (Å²) in [6.45, 7) is 2.03. The summed E-state index contributed by atoms with van der Waals surface area (Å²) in [5, 5.41) is 2.80. The molecule has 0 bridgehead atoms. The van der Waals surface area contributed by atoms with Gasteiger partial charge in [0.25, 0.3) is 0 Å². The van der Waals surface area contributed by atoms with Gasteiger partial charge in [-0.15, -0.1) is 0 Å². The molecule has 2 aromatic heterocycles. The summed E-state index contributed by atoms with van der Waals surface area (Å²) in [7, 11) is 0. The first kappa shape index (κ1) is 14.1. The molecule has 2 heterocycles. The fourth-order valence-electron chi connectivity index (χ4n) is 2.31. The number of hydrogen-bond acceptors (Lipinski definition) is 4. The van der Waals surface area contributed by atoms with Gasteiger partial charge in [-0.1, -0.05) is 18.2 Å². The number of para-hydroxylation sites is 2. The van der Waals surface area contributed by atoms with Crippen molar-refractivity contribution in [2.75, 3.05) is 0 Å². The Morgan fingerprint density at radius 1 is 1.32 bits per heavy atom. The van der Waals surface area contributed by atoms with Crippen molar-refractivity contribution in [3.63, 3.8) is 0 Å². The van der Waals surface area contributed by atoms with Gasteiger partial charge in [0.1, 0.15) is 6.04 Å². The maximum Gasteiger partial charge on any atom is 0.420 e. The molecule has 1 amide bonds. The Balaban J connectivity index is 1.80. The lowest BCUT2D eigenvalue weighted by Gasteiger charge is -2.13. The second kappa shape index (κ2) is 5.85. The standard InChI is InChI=1S/C16H15N3O3/c1-11(15(20)18-10-12-5-4-8-17-9-12)19-13-6-2-3-7-14(13)22-16(19)21/h2-9,11H,10H2,1H3,(H,18,20)/t11-/m0/s1. The van der Waals surface area contributed by atoms with E-state index in [1.54, 1.807) is 49.6 Å². The Kier molecular flexibility index (Phi) is 3.74. The first-order valence-electron chi connectivity index (χ1n) is 6.93. The van der Waals surface area contributed by atoms with Crippen LogP contribution in [-0.2, 0) is 11.3 Å². The third-order valence-corrected chi connectivity index (χ3v) is 3.48. The molecule has 112 valence electrons. The summed E-state index contributed by atoms with van der Waals surface area (Å²) in [5.41, 5.74) is 1.98. The summed E-state index contributed by atoms with van der Waals surface area (Å²) in [5.74, 6) is -0.789. The van der Waals surface area contributed by atoms with Crippen LogP contribution in [0, 0.1) is 0 Å². The highest BCUT2D eigenvalue weighted by Gasteiger charge is 2.20. The lowest BCUT2D eigenvalue weighted by molar-refractivity contribution is -0.124. The zero-order valence-corrected chi connectivity index (χ0v) is 12.0. The molecule has 0 saturated carbocycles. The summed E-state index contributed by atoms with van der Waals surface area (Å²) in [6, 6.07) is 10.1. The minimum atomic E-state index is -0.659. The summed E-state index contributed by atoms with van der Waals surface area (Å²) in [4.78, 5) is 28.2. The largest absolute Gasteiger partial charge is 0.420 e. The van der Waals surface area contributed by atoms with Crippen molar-refractivity contribution in [3.05, 3.63) is 64.9 Å². The van der Waals surface area contributed by atoms with Crippen LogP contribution in [0.5, 0.6) is 0 Å². The SMILES string of the molecule is C[C@@H](C(=O)NCc1cccnc1)n1c(=O)oc2ccccc21. The molecular weight excluding hydrogens is 282 g/mol. The highest BCUT2D eigenvalue weighted by atomic mass is 16.4. The molecule has 0 aliphatic heterocycles. The number of amides is 1. The van der Waals surface area contributed by atoms with Crippen molar-refractivity contribution in [3.8, 4) is 0 Å². The van der Waals surface area contributed by atoms with E-state index in [9.17, 15) is 9.59 Å². The molecule has 0 aliphatic rings. The van der Waals surface area contributed by atoms with Gasteiger partial charge in [0.15, 0.2) is 5.58 Å². The molecule has 3 aromatic rings. The number of benzene rings is 1. The number of pyridine rings is 1. The summed E-state index contributed by atoms with van der Waals surface area (Å²) < 4.78 is 6.51. The first-order valence-corrected chi connectivity index (χ1v) is 6.93. The molecule has 6 nitrogen and oxygen atoms in total. The molecule has 1 aromatic carbocycles. The first-order chi connectivity index (χ1) is 10.7. The molecule has 0 spiro atoms. The van der Waals surface area contributed by atoms with Gasteiger partial charge in [0.2, 0.25) is 5.91 Å². The third kappa shape index (κ3) is 2.63. The molecule has 0 aliphatic carbocycles. The van der Waals surface area contributed by atoms with Crippen molar-refractivity contribution in [2.24, 2.45) is 0 Å². The Morgan fingerprint density at radius 3 is 2.91 bits per heavy atom. The van der Waals surface area contributed by atoms with E-state index in [-0.39, 0.29) is 5.91 Å². The molecule has 0 unspecified atom stereocenters. The van der Waals surface area contributed by atoms with Crippen molar-refractivity contribution in [1.29, 1.82) is 0 Å². The lowest BCUT2D eigenvalue weighted by Crippen LogP contribution is -2.34. The molecule has 0 radical (unpaired) electrons. The topological polar surface area (TPSA) is 77.1 Å². The Labute approximate surface area is 126 Å². The molecule has 0 fully saturated rings. The predicted octanol–water partition coefficient (Wildman–Crippen LogP) is 1.87. The van der Waals surface area contributed by atoms with E-state index in [1.807, 2.05) is 6.07 Å². The molecule has 1 atom stereocenters. The molecule has 1 N–H and O–H groups in total. The summed E-state index contributed by atoms with van der Waals surface area (Å²) in [6.07, 6.45) is 3.36. The number of fused-ring (bicyclic) bond motifs is 1. The van der Waals surface area contributed by atoms with Crippen LogP contribution in [0.4, 0.5) is 0 Å². The lowest BCUT2D eigenvalue weighted by atomic mass is 10.2. The van der Waals surface area contributed by atoms with E-state index in [0.717, 1.165) is 5.56 Å². The van der Waals surface area contributed by atoms with Gasteiger partial charge in [0.05, 0.1) is 5.52 Å². The van der Waals surface area contributed by atoms with Crippen molar-refractivity contribution in [2.45, 2.75) is 19.5 Å². The Morgan fingerprint density at radius 2 is 2.14 bits per heavy atom. The van der Waals surface area contributed by atoms with Crippen LogP contribution >= 0.6 is 0 Å². The van der Waals surface area contributed by atoms with E-state index in [1.165, 1.54) is 4.57 Å². The highest BCUT2D eigenvalue weighted by Crippen LogP contribution is 2.16. The van der Waals surface area contributed by atoms with Gasteiger partial charge in [0, 0.05) is 18.9 Å². The third-order valence-electron chi connectivity index (χ3n) is 3.48. The smallest absolute Gasteiger partial charge is 0.408 e. The number of nitrogens with one attached hydrogen (secondary N) is 1. The quantitative estimate of drug-likeness (QED) is 0.797. The van der Waals surface area contributed by atoms with Crippen LogP contribution in [0.2, 0.25) is 0 Å². The minimum Gasteiger partial charge on any atom is -0.408 e. The van der Waals surface area contributed by atoms with Crippen LogP contribution in [0.15, 0.2) is 58.0 Å². The number of carbonyl (C=O) groups is 1. The monoisotopic (exact) mass is 297 g/mol.